The summed E-state index contributed by atoms with van der Waals surface area (Å²) in [6.07, 6.45) is 2.01. The Hall–Kier alpha value is -1.11. The minimum Gasteiger partial charge on any atom is -0.342 e. The predicted molar refractivity (Wildman–Crippen MR) is 74.8 cm³/mol. The third-order valence-corrected chi connectivity index (χ3v) is 6.12. The second kappa shape index (κ2) is 5.35. The molecule has 2 amide bonds. The number of nitrogens with zero attached hydrogens (tertiary/aromatic N) is 1. The summed E-state index contributed by atoms with van der Waals surface area (Å²) in [7, 11) is -3.07. The molecule has 2 heterocycles. The number of carbonyl (C=O) groups is 2. The van der Waals surface area contributed by atoms with Crippen LogP contribution in [0.1, 0.15) is 39.5 Å². The average Bonchev–Trinajstić information content (AvgIpc) is 2.47. The fraction of sp³-hybridized carbons (Fsp3) is 0.846. The Balaban J connectivity index is 2.25. The molecule has 0 aromatic rings. The molecule has 2 aliphatic heterocycles. The Kier molecular flexibility index (Phi) is 4.09. The van der Waals surface area contributed by atoms with E-state index in [1.807, 2.05) is 6.92 Å². The Morgan fingerprint density at radius 3 is 2.70 bits per heavy atom. The lowest BCUT2D eigenvalue weighted by molar-refractivity contribution is -0.140. The van der Waals surface area contributed by atoms with Gasteiger partial charge in [0.1, 0.15) is 5.54 Å². The molecule has 7 heteroatoms. The maximum atomic E-state index is 12.7. The van der Waals surface area contributed by atoms with Crippen molar-refractivity contribution in [2.24, 2.45) is 0 Å². The SMILES string of the molecule is CCC1(C)NC(=O)CCN(C2CCCS(=O)(=O)C2)C1=O. The van der Waals surface area contributed by atoms with Crippen molar-refractivity contribution in [3.8, 4) is 0 Å². The number of rotatable bonds is 2. The van der Waals surface area contributed by atoms with Crippen molar-refractivity contribution in [1.29, 1.82) is 0 Å². The summed E-state index contributed by atoms with van der Waals surface area (Å²) in [5.74, 6) is -0.0858. The van der Waals surface area contributed by atoms with Gasteiger partial charge < -0.3 is 10.2 Å². The first-order valence-corrected chi connectivity index (χ1v) is 8.92. The minimum atomic E-state index is -3.07. The molecule has 0 spiro atoms. The summed E-state index contributed by atoms with van der Waals surface area (Å²) in [4.78, 5) is 26.0. The van der Waals surface area contributed by atoms with Gasteiger partial charge in [-0.05, 0) is 26.2 Å². The summed E-state index contributed by atoms with van der Waals surface area (Å²) in [5.41, 5.74) is -0.922. The van der Waals surface area contributed by atoms with E-state index >= 15 is 0 Å². The Morgan fingerprint density at radius 2 is 2.10 bits per heavy atom. The van der Waals surface area contributed by atoms with Crippen LogP contribution in [0.3, 0.4) is 0 Å². The lowest BCUT2D eigenvalue weighted by Gasteiger charge is -2.37. The van der Waals surface area contributed by atoms with Crippen LogP contribution in [0.25, 0.3) is 0 Å². The van der Waals surface area contributed by atoms with E-state index in [4.69, 9.17) is 0 Å². The van der Waals surface area contributed by atoms with E-state index in [0.29, 0.717) is 25.8 Å². The Labute approximate surface area is 119 Å². The second-order valence-corrected chi connectivity index (χ2v) is 8.12. The highest BCUT2D eigenvalue weighted by Gasteiger charge is 2.43. The zero-order valence-electron chi connectivity index (χ0n) is 12.0. The molecule has 0 bridgehead atoms. The molecule has 2 rings (SSSR count). The number of carbonyl (C=O) groups excluding carboxylic acids is 2. The topological polar surface area (TPSA) is 83.6 Å². The fourth-order valence-electron chi connectivity index (χ4n) is 2.90. The van der Waals surface area contributed by atoms with E-state index < -0.39 is 15.4 Å². The van der Waals surface area contributed by atoms with Gasteiger partial charge in [-0.1, -0.05) is 6.92 Å². The highest BCUT2D eigenvalue weighted by atomic mass is 32.2. The smallest absolute Gasteiger partial charge is 0.248 e. The van der Waals surface area contributed by atoms with Crippen molar-refractivity contribution in [2.45, 2.75) is 51.1 Å². The van der Waals surface area contributed by atoms with Gasteiger partial charge in [-0.25, -0.2) is 8.42 Å². The fourth-order valence-corrected chi connectivity index (χ4v) is 4.60. The molecular formula is C13H22N2O4S. The number of sulfone groups is 1. The van der Waals surface area contributed by atoms with Gasteiger partial charge in [-0.15, -0.1) is 0 Å². The third kappa shape index (κ3) is 2.97. The van der Waals surface area contributed by atoms with Crippen LogP contribution >= 0.6 is 0 Å². The van der Waals surface area contributed by atoms with Gasteiger partial charge >= 0.3 is 0 Å². The Bertz CT molecular complexity index is 516. The van der Waals surface area contributed by atoms with E-state index in [0.717, 1.165) is 0 Å². The molecule has 20 heavy (non-hydrogen) atoms. The summed E-state index contributed by atoms with van der Waals surface area (Å²) >= 11 is 0. The standard InChI is InChI=1S/C13H22N2O4S/c1-3-13(2)12(17)15(7-6-11(16)14-13)10-5-4-8-20(18,19)9-10/h10H,3-9H2,1-2H3,(H,14,16). The molecule has 2 unspecified atom stereocenters. The van der Waals surface area contributed by atoms with Gasteiger partial charge in [0.15, 0.2) is 9.84 Å². The van der Waals surface area contributed by atoms with Crippen molar-refractivity contribution in [3.63, 3.8) is 0 Å². The quantitative estimate of drug-likeness (QED) is 0.783. The first kappa shape index (κ1) is 15.3. The molecule has 0 aromatic carbocycles. The van der Waals surface area contributed by atoms with Crippen molar-refractivity contribution < 1.29 is 18.0 Å². The molecule has 0 aromatic heterocycles. The number of amides is 2. The number of hydrogen-bond acceptors (Lipinski definition) is 4. The van der Waals surface area contributed by atoms with Crippen LogP contribution in [0.2, 0.25) is 0 Å². The molecular weight excluding hydrogens is 280 g/mol. The largest absolute Gasteiger partial charge is 0.342 e. The maximum Gasteiger partial charge on any atom is 0.248 e. The molecule has 0 saturated carbocycles. The van der Waals surface area contributed by atoms with E-state index in [-0.39, 0.29) is 35.8 Å². The highest BCUT2D eigenvalue weighted by molar-refractivity contribution is 7.91. The Morgan fingerprint density at radius 1 is 1.40 bits per heavy atom. The normalized spacial score (nSPS) is 34.5. The maximum absolute atomic E-state index is 12.7. The highest BCUT2D eigenvalue weighted by Crippen LogP contribution is 2.24. The van der Waals surface area contributed by atoms with Crippen molar-refractivity contribution >= 4 is 21.7 Å². The van der Waals surface area contributed by atoms with Gasteiger partial charge in [0.25, 0.3) is 0 Å². The molecule has 2 saturated heterocycles. The lowest BCUT2D eigenvalue weighted by Crippen LogP contribution is -2.58. The second-order valence-electron chi connectivity index (χ2n) is 5.89. The molecule has 6 nitrogen and oxygen atoms in total. The molecule has 0 aliphatic carbocycles. The molecule has 1 N–H and O–H groups in total. The molecule has 0 radical (unpaired) electrons. The van der Waals surface area contributed by atoms with E-state index in [1.165, 1.54) is 0 Å². The molecule has 2 fully saturated rings. The van der Waals surface area contributed by atoms with Crippen LogP contribution in [-0.4, -0.2) is 54.8 Å². The first-order chi connectivity index (χ1) is 9.27. The zero-order valence-corrected chi connectivity index (χ0v) is 12.8. The predicted octanol–water partition coefficient (Wildman–Crippen LogP) is 0.0808. The van der Waals surface area contributed by atoms with E-state index in [2.05, 4.69) is 5.32 Å². The van der Waals surface area contributed by atoms with Gasteiger partial charge in [-0.2, -0.15) is 0 Å². The lowest BCUT2D eigenvalue weighted by atomic mass is 9.96. The van der Waals surface area contributed by atoms with E-state index in [9.17, 15) is 18.0 Å². The van der Waals surface area contributed by atoms with Crippen LogP contribution in [-0.2, 0) is 19.4 Å². The van der Waals surface area contributed by atoms with Gasteiger partial charge in [0.2, 0.25) is 11.8 Å². The van der Waals surface area contributed by atoms with Crippen molar-refractivity contribution in [2.75, 3.05) is 18.1 Å². The monoisotopic (exact) mass is 302 g/mol. The number of hydrogen-bond donors (Lipinski definition) is 1. The summed E-state index contributed by atoms with van der Waals surface area (Å²) in [6.45, 7) is 3.86. The van der Waals surface area contributed by atoms with Crippen LogP contribution in [0.5, 0.6) is 0 Å². The van der Waals surface area contributed by atoms with Crippen LogP contribution in [0.15, 0.2) is 0 Å². The van der Waals surface area contributed by atoms with E-state index in [1.54, 1.807) is 11.8 Å². The average molecular weight is 302 g/mol. The summed E-state index contributed by atoms with van der Waals surface area (Å²) < 4.78 is 23.5. The zero-order chi connectivity index (χ0) is 15.0. The van der Waals surface area contributed by atoms with Gasteiger partial charge in [-0.3, -0.25) is 9.59 Å². The molecule has 114 valence electrons. The summed E-state index contributed by atoms with van der Waals surface area (Å²) in [6, 6.07) is -0.292. The van der Waals surface area contributed by atoms with Crippen molar-refractivity contribution in [1.82, 2.24) is 10.2 Å². The van der Waals surface area contributed by atoms with Crippen LogP contribution in [0, 0.1) is 0 Å². The minimum absolute atomic E-state index is 0.0206. The third-order valence-electron chi connectivity index (χ3n) is 4.31. The molecule has 2 aliphatic rings. The van der Waals surface area contributed by atoms with Gasteiger partial charge in [0, 0.05) is 19.0 Å². The molecule has 2 atom stereocenters. The van der Waals surface area contributed by atoms with Crippen LogP contribution < -0.4 is 5.32 Å². The van der Waals surface area contributed by atoms with Crippen LogP contribution in [0.4, 0.5) is 0 Å². The first-order valence-electron chi connectivity index (χ1n) is 7.10. The number of nitrogens with one attached hydrogen (secondary N) is 1. The summed E-state index contributed by atoms with van der Waals surface area (Å²) in [5, 5.41) is 2.76. The van der Waals surface area contributed by atoms with Crippen molar-refractivity contribution in [3.05, 3.63) is 0 Å². The van der Waals surface area contributed by atoms with Gasteiger partial charge in [0.05, 0.1) is 11.5 Å².